The Morgan fingerprint density at radius 1 is 1.03 bits per heavy atom. The monoisotopic (exact) mass is 463 g/mol. The fourth-order valence-electron chi connectivity index (χ4n) is 4.22. The number of carbonyl (C=O) groups excluding carboxylic acids is 1. The molecule has 5 nitrogen and oxygen atoms in total. The van der Waals surface area contributed by atoms with E-state index in [0.717, 1.165) is 36.0 Å². The predicted octanol–water partition coefficient (Wildman–Crippen LogP) is 6.78. The van der Waals surface area contributed by atoms with Gasteiger partial charge < -0.3 is 10.1 Å². The van der Waals surface area contributed by atoms with Crippen molar-refractivity contribution in [1.82, 2.24) is 9.97 Å². The molecule has 1 aliphatic carbocycles. The van der Waals surface area contributed by atoms with Gasteiger partial charge in [-0.25, -0.2) is 9.97 Å². The number of nitrogens with one attached hydrogen (secondary N) is 1. The Balaban J connectivity index is 1.51. The molecule has 172 valence electrons. The van der Waals surface area contributed by atoms with Crippen LogP contribution in [-0.4, -0.2) is 27.6 Å². The molecule has 1 saturated carbocycles. The molecule has 1 heterocycles. The summed E-state index contributed by atoms with van der Waals surface area (Å²) in [7, 11) is 0. The van der Waals surface area contributed by atoms with Gasteiger partial charge in [-0.2, -0.15) is 0 Å². The number of benzene rings is 2. The maximum absolute atomic E-state index is 12.5. The molecule has 0 amide bonds. The lowest BCUT2D eigenvalue weighted by Gasteiger charge is -2.30. The van der Waals surface area contributed by atoms with E-state index in [9.17, 15) is 4.79 Å². The molecular formula is C27H30ClN3O2. The molecule has 3 aromatic rings. The Bertz CT molecular complexity index is 1110. The maximum Gasteiger partial charge on any atom is 0.309 e. The van der Waals surface area contributed by atoms with Gasteiger partial charge in [0.1, 0.15) is 5.60 Å². The van der Waals surface area contributed by atoms with E-state index in [-0.39, 0.29) is 17.9 Å². The lowest BCUT2D eigenvalue weighted by atomic mass is 9.85. The number of nitrogens with zero attached hydrogens (tertiary/aromatic N) is 2. The smallest absolute Gasteiger partial charge is 0.309 e. The maximum atomic E-state index is 12.5. The molecule has 1 aromatic heterocycles. The standard InChI is InChI=1S/C27H30ClN3O2/c1-27(2,3)33-25(32)21-13-8-14-22(16-21)30-26-29-17-23(28)24(31-26)20-12-7-11-19(15-20)18-9-5-4-6-10-18/h4-7,9-12,15,17,21-22H,8,13-14,16H2,1-3H3,(H,29,30,31)/t21-,22+/m1/s1. The topological polar surface area (TPSA) is 64.1 Å². The number of esters is 1. The summed E-state index contributed by atoms with van der Waals surface area (Å²) in [6.45, 7) is 5.71. The Labute approximate surface area is 200 Å². The van der Waals surface area contributed by atoms with Crippen LogP contribution in [0.5, 0.6) is 0 Å². The summed E-state index contributed by atoms with van der Waals surface area (Å²) in [6, 6.07) is 18.5. The summed E-state index contributed by atoms with van der Waals surface area (Å²) in [6.07, 6.45) is 5.12. The zero-order valence-corrected chi connectivity index (χ0v) is 20.1. The number of anilines is 1. The summed E-state index contributed by atoms with van der Waals surface area (Å²) in [5.41, 5.74) is 3.39. The van der Waals surface area contributed by atoms with Gasteiger partial charge in [-0.1, -0.05) is 66.6 Å². The van der Waals surface area contributed by atoms with E-state index in [1.807, 2.05) is 51.1 Å². The molecular weight excluding hydrogens is 434 g/mol. The minimum atomic E-state index is -0.472. The van der Waals surface area contributed by atoms with Crippen molar-refractivity contribution in [3.8, 4) is 22.4 Å². The van der Waals surface area contributed by atoms with Gasteiger partial charge in [0, 0.05) is 11.6 Å². The second kappa shape index (κ2) is 9.92. The molecule has 0 unspecified atom stereocenters. The zero-order valence-electron chi connectivity index (χ0n) is 19.3. The fraction of sp³-hybridized carbons (Fsp3) is 0.370. The minimum absolute atomic E-state index is 0.107. The van der Waals surface area contributed by atoms with Crippen molar-refractivity contribution in [1.29, 1.82) is 0 Å². The van der Waals surface area contributed by atoms with E-state index in [1.165, 1.54) is 0 Å². The van der Waals surface area contributed by atoms with E-state index >= 15 is 0 Å². The number of ether oxygens (including phenoxy) is 1. The van der Waals surface area contributed by atoms with Crippen LogP contribution in [0.1, 0.15) is 46.5 Å². The number of hydrogen-bond donors (Lipinski definition) is 1. The van der Waals surface area contributed by atoms with Crippen LogP contribution in [0.2, 0.25) is 5.02 Å². The van der Waals surface area contributed by atoms with E-state index < -0.39 is 5.60 Å². The van der Waals surface area contributed by atoms with Crippen molar-refractivity contribution >= 4 is 23.5 Å². The Kier molecular flexibility index (Phi) is 6.99. The number of aromatic nitrogens is 2. The second-order valence-electron chi connectivity index (χ2n) is 9.58. The van der Waals surface area contributed by atoms with E-state index in [0.29, 0.717) is 23.1 Å². The summed E-state index contributed by atoms with van der Waals surface area (Å²) in [5, 5.41) is 3.92. The highest BCUT2D eigenvalue weighted by Gasteiger charge is 2.31. The minimum Gasteiger partial charge on any atom is -0.460 e. The second-order valence-corrected chi connectivity index (χ2v) is 9.98. The molecule has 1 fully saturated rings. The predicted molar refractivity (Wildman–Crippen MR) is 133 cm³/mol. The Morgan fingerprint density at radius 2 is 1.76 bits per heavy atom. The molecule has 6 heteroatoms. The normalized spacial score (nSPS) is 18.5. The average Bonchev–Trinajstić information content (AvgIpc) is 2.80. The summed E-state index contributed by atoms with van der Waals surface area (Å²) in [4.78, 5) is 21.7. The number of hydrogen-bond acceptors (Lipinski definition) is 5. The van der Waals surface area contributed by atoms with Crippen LogP contribution in [0.25, 0.3) is 22.4 Å². The van der Waals surface area contributed by atoms with Crippen molar-refractivity contribution < 1.29 is 9.53 Å². The zero-order chi connectivity index (χ0) is 23.4. The van der Waals surface area contributed by atoms with Crippen LogP contribution < -0.4 is 5.32 Å². The molecule has 33 heavy (non-hydrogen) atoms. The van der Waals surface area contributed by atoms with Crippen molar-refractivity contribution in [2.75, 3.05) is 5.32 Å². The third-order valence-corrected chi connectivity index (χ3v) is 6.01. The van der Waals surface area contributed by atoms with Crippen LogP contribution in [0.15, 0.2) is 60.8 Å². The highest BCUT2D eigenvalue weighted by atomic mass is 35.5. The van der Waals surface area contributed by atoms with Crippen LogP contribution in [-0.2, 0) is 9.53 Å². The molecule has 2 aromatic carbocycles. The third kappa shape index (κ3) is 6.11. The SMILES string of the molecule is CC(C)(C)OC(=O)[C@@H]1CCC[C@H](Nc2ncc(Cl)c(-c3cccc(-c4ccccc4)c3)n2)C1. The van der Waals surface area contributed by atoms with Crippen molar-refractivity contribution in [3.63, 3.8) is 0 Å². The number of rotatable bonds is 5. The van der Waals surface area contributed by atoms with E-state index in [2.05, 4.69) is 34.6 Å². The average molecular weight is 464 g/mol. The molecule has 1 N–H and O–H groups in total. The van der Waals surface area contributed by atoms with Gasteiger partial charge in [-0.3, -0.25) is 4.79 Å². The molecule has 2 atom stereocenters. The lowest BCUT2D eigenvalue weighted by Crippen LogP contribution is -2.35. The van der Waals surface area contributed by atoms with Gasteiger partial charge in [0.15, 0.2) is 0 Å². The van der Waals surface area contributed by atoms with Gasteiger partial charge in [-0.15, -0.1) is 0 Å². The lowest BCUT2D eigenvalue weighted by molar-refractivity contribution is -0.161. The molecule has 0 spiro atoms. The molecule has 4 rings (SSSR count). The first kappa shape index (κ1) is 23.2. The summed E-state index contributed by atoms with van der Waals surface area (Å²) in [5.74, 6) is 0.295. The van der Waals surface area contributed by atoms with Gasteiger partial charge >= 0.3 is 5.97 Å². The van der Waals surface area contributed by atoms with Crippen molar-refractivity contribution in [2.24, 2.45) is 5.92 Å². The van der Waals surface area contributed by atoms with Gasteiger partial charge in [0.2, 0.25) is 5.95 Å². The molecule has 0 bridgehead atoms. The summed E-state index contributed by atoms with van der Waals surface area (Å²) >= 11 is 6.48. The number of halogens is 1. The Hall–Kier alpha value is -2.92. The van der Waals surface area contributed by atoms with Gasteiger partial charge in [-0.05, 0) is 57.2 Å². The van der Waals surface area contributed by atoms with Gasteiger partial charge in [0.05, 0.1) is 22.8 Å². The molecule has 1 aliphatic rings. The quantitative estimate of drug-likeness (QED) is 0.422. The highest BCUT2D eigenvalue weighted by Crippen LogP contribution is 2.32. The first-order chi connectivity index (χ1) is 15.8. The largest absolute Gasteiger partial charge is 0.460 e. The van der Waals surface area contributed by atoms with Crippen LogP contribution >= 0.6 is 11.6 Å². The van der Waals surface area contributed by atoms with Crippen molar-refractivity contribution in [2.45, 2.75) is 58.1 Å². The van der Waals surface area contributed by atoms with Crippen molar-refractivity contribution in [3.05, 3.63) is 65.8 Å². The van der Waals surface area contributed by atoms with E-state index in [1.54, 1.807) is 6.20 Å². The Morgan fingerprint density at radius 3 is 2.52 bits per heavy atom. The van der Waals surface area contributed by atoms with E-state index in [4.69, 9.17) is 21.3 Å². The molecule has 0 saturated heterocycles. The highest BCUT2D eigenvalue weighted by molar-refractivity contribution is 6.32. The first-order valence-electron chi connectivity index (χ1n) is 11.5. The van der Waals surface area contributed by atoms with Crippen LogP contribution in [0.4, 0.5) is 5.95 Å². The first-order valence-corrected chi connectivity index (χ1v) is 11.8. The third-order valence-electron chi connectivity index (χ3n) is 5.73. The van der Waals surface area contributed by atoms with Gasteiger partial charge in [0.25, 0.3) is 0 Å². The van der Waals surface area contributed by atoms with Crippen LogP contribution in [0.3, 0.4) is 0 Å². The fourth-order valence-corrected chi connectivity index (χ4v) is 4.42. The number of carbonyl (C=O) groups is 1. The summed E-state index contributed by atoms with van der Waals surface area (Å²) < 4.78 is 5.60. The van der Waals surface area contributed by atoms with Crippen LogP contribution in [0, 0.1) is 5.92 Å². The molecule has 0 aliphatic heterocycles. The molecule has 0 radical (unpaired) electrons.